The first kappa shape index (κ1) is 17.2. The average molecular weight is 366 g/mol. The van der Waals surface area contributed by atoms with Gasteiger partial charge in [0, 0.05) is 17.5 Å². The number of aromatic nitrogens is 1. The molecule has 4 nitrogen and oxygen atoms in total. The first-order valence-electron chi connectivity index (χ1n) is 7.26. The molecule has 0 atom stereocenters. The van der Waals surface area contributed by atoms with Crippen molar-refractivity contribution in [1.82, 2.24) is 4.98 Å². The van der Waals surface area contributed by atoms with E-state index in [4.69, 9.17) is 5.73 Å². The third-order valence-electron chi connectivity index (χ3n) is 3.51. The number of hydrogen-bond donors (Lipinski definition) is 1. The molecule has 0 aliphatic carbocycles. The molecule has 0 fully saturated rings. The number of pyridine rings is 1. The van der Waals surface area contributed by atoms with Gasteiger partial charge in [0.25, 0.3) is 0 Å². The van der Waals surface area contributed by atoms with E-state index in [1.807, 2.05) is 19.1 Å². The number of Topliss-reactive ketones (excluding diaryl/α,β-unsaturated/α-hetero) is 1. The molecule has 8 heteroatoms. The van der Waals surface area contributed by atoms with Crippen molar-refractivity contribution < 1.29 is 22.7 Å². The molecular formula is C17H13F3N2O2S. The lowest BCUT2D eigenvalue weighted by atomic mass is 10.1. The number of nitrogen functional groups attached to an aromatic ring is 1. The number of aryl methyl sites for hydroxylation is 1. The van der Waals surface area contributed by atoms with Gasteiger partial charge in [-0.05, 0) is 36.8 Å². The van der Waals surface area contributed by atoms with Crippen LogP contribution in [0.2, 0.25) is 0 Å². The fourth-order valence-electron chi connectivity index (χ4n) is 2.37. The van der Waals surface area contributed by atoms with Crippen LogP contribution in [0.5, 0.6) is 5.75 Å². The average Bonchev–Trinajstić information content (AvgIpc) is 2.84. The molecule has 3 aromatic rings. The Bertz CT molecular complexity index is 933. The Morgan fingerprint density at radius 2 is 1.88 bits per heavy atom. The Labute approximate surface area is 145 Å². The van der Waals surface area contributed by atoms with E-state index in [9.17, 15) is 18.0 Å². The van der Waals surface area contributed by atoms with Gasteiger partial charge in [-0.25, -0.2) is 4.98 Å². The summed E-state index contributed by atoms with van der Waals surface area (Å²) >= 11 is 1.22. The van der Waals surface area contributed by atoms with Gasteiger partial charge in [-0.2, -0.15) is 0 Å². The van der Waals surface area contributed by atoms with E-state index < -0.39 is 6.36 Å². The zero-order valence-corrected chi connectivity index (χ0v) is 13.9. The molecule has 0 aliphatic rings. The Hall–Kier alpha value is -2.61. The van der Waals surface area contributed by atoms with Crippen molar-refractivity contribution >= 4 is 33.0 Å². The van der Waals surface area contributed by atoms with Gasteiger partial charge in [0.15, 0.2) is 5.78 Å². The van der Waals surface area contributed by atoms with E-state index in [-0.39, 0.29) is 18.0 Å². The van der Waals surface area contributed by atoms with Gasteiger partial charge in [0.05, 0.1) is 10.6 Å². The molecule has 0 spiro atoms. The summed E-state index contributed by atoms with van der Waals surface area (Å²) < 4.78 is 40.3. The van der Waals surface area contributed by atoms with Gasteiger partial charge in [-0.1, -0.05) is 12.1 Å². The molecule has 0 unspecified atom stereocenters. The third-order valence-corrected chi connectivity index (χ3v) is 4.66. The Morgan fingerprint density at radius 1 is 1.20 bits per heavy atom. The number of ketones is 1. The molecule has 130 valence electrons. The van der Waals surface area contributed by atoms with Crippen LogP contribution in [0.1, 0.15) is 20.9 Å². The first-order valence-corrected chi connectivity index (χ1v) is 8.08. The van der Waals surface area contributed by atoms with Crippen molar-refractivity contribution in [2.75, 3.05) is 5.73 Å². The van der Waals surface area contributed by atoms with Crippen LogP contribution in [0.15, 0.2) is 36.4 Å². The molecule has 0 saturated carbocycles. The van der Waals surface area contributed by atoms with Crippen LogP contribution in [0.3, 0.4) is 0 Å². The molecule has 0 saturated heterocycles. The van der Waals surface area contributed by atoms with Crippen LogP contribution < -0.4 is 10.5 Å². The van der Waals surface area contributed by atoms with Gasteiger partial charge in [-0.15, -0.1) is 24.5 Å². The van der Waals surface area contributed by atoms with E-state index in [1.165, 1.54) is 35.6 Å². The topological polar surface area (TPSA) is 65.2 Å². The van der Waals surface area contributed by atoms with Crippen molar-refractivity contribution in [2.45, 2.75) is 19.7 Å². The van der Waals surface area contributed by atoms with E-state index in [0.717, 1.165) is 11.1 Å². The molecule has 0 radical (unpaired) electrons. The lowest BCUT2D eigenvalue weighted by Gasteiger charge is -2.09. The van der Waals surface area contributed by atoms with Crippen LogP contribution in [0.4, 0.5) is 18.9 Å². The van der Waals surface area contributed by atoms with Gasteiger partial charge in [0.1, 0.15) is 10.6 Å². The maximum absolute atomic E-state index is 12.5. The quantitative estimate of drug-likeness (QED) is 0.690. The molecular weight excluding hydrogens is 353 g/mol. The second kappa shape index (κ2) is 6.36. The summed E-state index contributed by atoms with van der Waals surface area (Å²) in [5, 5.41) is 0.730. The number of nitrogens with two attached hydrogens (primary N) is 1. The van der Waals surface area contributed by atoms with Crippen LogP contribution >= 0.6 is 11.3 Å². The predicted molar refractivity (Wildman–Crippen MR) is 89.9 cm³/mol. The van der Waals surface area contributed by atoms with Gasteiger partial charge in [0.2, 0.25) is 0 Å². The Morgan fingerprint density at radius 3 is 2.52 bits per heavy atom. The molecule has 25 heavy (non-hydrogen) atoms. The minimum Gasteiger partial charge on any atom is -0.406 e. The molecule has 0 bridgehead atoms. The molecule has 0 aliphatic heterocycles. The molecule has 2 aromatic heterocycles. The summed E-state index contributed by atoms with van der Waals surface area (Å²) in [6, 6.07) is 8.84. The third kappa shape index (κ3) is 3.90. The summed E-state index contributed by atoms with van der Waals surface area (Å²) in [6.07, 6.45) is -4.71. The van der Waals surface area contributed by atoms with Crippen molar-refractivity contribution in [3.8, 4) is 5.75 Å². The normalized spacial score (nSPS) is 11.7. The Balaban J connectivity index is 1.79. The largest absolute Gasteiger partial charge is 0.573 e. The fourth-order valence-corrected chi connectivity index (χ4v) is 3.45. The number of carbonyl (C=O) groups is 1. The maximum Gasteiger partial charge on any atom is 0.573 e. The number of alkyl halides is 3. The smallest absolute Gasteiger partial charge is 0.406 e. The summed E-state index contributed by atoms with van der Waals surface area (Å²) in [6.45, 7) is 1.85. The number of nitrogens with zero attached hydrogens (tertiary/aromatic N) is 1. The van der Waals surface area contributed by atoms with E-state index in [1.54, 1.807) is 0 Å². The van der Waals surface area contributed by atoms with E-state index in [0.29, 0.717) is 21.0 Å². The molecule has 2 heterocycles. The van der Waals surface area contributed by atoms with Gasteiger partial charge < -0.3 is 10.5 Å². The van der Waals surface area contributed by atoms with E-state index in [2.05, 4.69) is 9.72 Å². The monoisotopic (exact) mass is 366 g/mol. The van der Waals surface area contributed by atoms with Crippen molar-refractivity contribution in [1.29, 1.82) is 0 Å². The second-order valence-electron chi connectivity index (χ2n) is 5.44. The highest BCUT2D eigenvalue weighted by Crippen LogP contribution is 2.33. The zero-order valence-electron chi connectivity index (χ0n) is 13.1. The summed E-state index contributed by atoms with van der Waals surface area (Å²) in [7, 11) is 0. The van der Waals surface area contributed by atoms with Crippen molar-refractivity contribution in [2.24, 2.45) is 0 Å². The summed E-state index contributed by atoms with van der Waals surface area (Å²) in [5.41, 5.74) is 7.82. The highest BCUT2D eigenvalue weighted by molar-refractivity contribution is 7.21. The number of benzene rings is 1. The summed E-state index contributed by atoms with van der Waals surface area (Å²) in [4.78, 5) is 17.9. The molecule has 2 N–H and O–H groups in total. The number of ether oxygens (including phenoxy) is 1. The van der Waals surface area contributed by atoms with Gasteiger partial charge in [-0.3, -0.25) is 4.79 Å². The second-order valence-corrected chi connectivity index (χ2v) is 6.44. The van der Waals surface area contributed by atoms with Crippen LogP contribution in [-0.4, -0.2) is 17.1 Å². The molecule has 1 aromatic carbocycles. The van der Waals surface area contributed by atoms with Crippen LogP contribution in [0.25, 0.3) is 10.2 Å². The maximum atomic E-state index is 12.5. The van der Waals surface area contributed by atoms with Crippen molar-refractivity contribution in [3.05, 3.63) is 52.5 Å². The van der Waals surface area contributed by atoms with Crippen LogP contribution in [-0.2, 0) is 6.42 Å². The predicted octanol–water partition coefficient (Wildman–Crippen LogP) is 4.51. The highest BCUT2D eigenvalue weighted by Gasteiger charge is 2.31. The Kier molecular flexibility index (Phi) is 4.38. The highest BCUT2D eigenvalue weighted by atomic mass is 32.1. The lowest BCUT2D eigenvalue weighted by Crippen LogP contribution is -2.17. The minimum absolute atomic E-state index is 0.0301. The number of anilines is 1. The lowest BCUT2D eigenvalue weighted by molar-refractivity contribution is -0.274. The summed E-state index contributed by atoms with van der Waals surface area (Å²) in [5.74, 6) is -0.535. The number of thiophene rings is 1. The van der Waals surface area contributed by atoms with Crippen LogP contribution in [0, 0.1) is 6.92 Å². The van der Waals surface area contributed by atoms with Gasteiger partial charge >= 0.3 is 6.36 Å². The molecule has 0 amide bonds. The number of hydrogen-bond acceptors (Lipinski definition) is 5. The zero-order chi connectivity index (χ0) is 18.2. The minimum atomic E-state index is -4.74. The van der Waals surface area contributed by atoms with E-state index >= 15 is 0 Å². The number of fused-ring (bicyclic) bond motifs is 1. The number of halogens is 3. The SMILES string of the molecule is Cc1ccc2c(N)c(C(=O)Cc3ccc(OC(F)(F)F)cc3)sc2n1. The number of carbonyl (C=O) groups excluding carboxylic acids is 1. The molecule has 3 rings (SSSR count). The number of rotatable bonds is 4. The standard InChI is InChI=1S/C17H13F3N2O2S/c1-9-2-7-12-14(21)15(25-16(12)22-9)13(23)8-10-3-5-11(6-4-10)24-17(18,19)20/h2-7H,8,21H2,1H3. The van der Waals surface area contributed by atoms with Crippen molar-refractivity contribution in [3.63, 3.8) is 0 Å². The first-order chi connectivity index (χ1) is 11.7. The fraction of sp³-hybridized carbons (Fsp3) is 0.176.